The number of hydrogen-bond donors (Lipinski definition) is 1. The quantitative estimate of drug-likeness (QED) is 0.557. The van der Waals surface area contributed by atoms with Gasteiger partial charge in [0.15, 0.2) is 0 Å². The van der Waals surface area contributed by atoms with Crippen LogP contribution in [0.25, 0.3) is 11.0 Å². The number of alkyl halides is 3. The fraction of sp³-hybridized carbons (Fsp3) is 0.118. The molecule has 2 aromatic carbocycles. The highest BCUT2D eigenvalue weighted by Gasteiger charge is 2.15. The smallest absolute Gasteiger partial charge is 0.335 e. The van der Waals surface area contributed by atoms with E-state index in [9.17, 15) is 18.7 Å². The van der Waals surface area contributed by atoms with Crippen molar-refractivity contribution in [3.05, 3.63) is 59.4 Å². The summed E-state index contributed by atoms with van der Waals surface area (Å²) in [5.74, 6) is 0.104. The molecule has 24 heavy (non-hydrogen) atoms. The Morgan fingerprint density at radius 1 is 1.21 bits per heavy atom. The first kappa shape index (κ1) is 16.4. The molecule has 0 atom stereocenters. The second kappa shape index (κ2) is 6.60. The number of carbonyl (C=O) groups is 1. The molecular weight excluding hydrogens is 386 g/mol. The summed E-state index contributed by atoms with van der Waals surface area (Å²) >= 11 is 3.27. The lowest BCUT2D eigenvalue weighted by atomic mass is 10.1. The van der Waals surface area contributed by atoms with E-state index in [4.69, 9.17) is 9.15 Å². The maximum Gasteiger partial charge on any atom is 0.335 e. The van der Waals surface area contributed by atoms with Gasteiger partial charge in [0.05, 0.1) is 16.3 Å². The van der Waals surface area contributed by atoms with Gasteiger partial charge in [0.2, 0.25) is 0 Å². The highest BCUT2D eigenvalue weighted by Crippen LogP contribution is 2.35. The number of furan rings is 1. The maximum absolute atomic E-state index is 12.6. The number of rotatable bonds is 5. The molecule has 3 aromatic rings. The van der Waals surface area contributed by atoms with Crippen molar-refractivity contribution in [3.63, 3.8) is 0 Å². The second-order valence-electron chi connectivity index (χ2n) is 5.01. The molecule has 1 N–H and O–H groups in total. The molecule has 0 bridgehead atoms. The monoisotopic (exact) mass is 396 g/mol. The van der Waals surface area contributed by atoms with Crippen LogP contribution >= 0.6 is 15.9 Å². The van der Waals surface area contributed by atoms with E-state index in [1.165, 1.54) is 36.4 Å². The molecule has 4 nitrogen and oxygen atoms in total. The van der Waals surface area contributed by atoms with Crippen molar-refractivity contribution in [2.75, 3.05) is 0 Å². The van der Waals surface area contributed by atoms with Crippen molar-refractivity contribution < 1.29 is 27.8 Å². The fourth-order valence-corrected chi connectivity index (χ4v) is 2.52. The Kier molecular flexibility index (Phi) is 4.53. The van der Waals surface area contributed by atoms with Gasteiger partial charge in [-0.05, 0) is 42.5 Å². The number of hydrogen-bond acceptors (Lipinski definition) is 3. The number of carboxylic acids is 1. The van der Waals surface area contributed by atoms with Gasteiger partial charge < -0.3 is 14.3 Å². The predicted molar refractivity (Wildman–Crippen MR) is 87.3 cm³/mol. The summed E-state index contributed by atoms with van der Waals surface area (Å²) in [5, 5.41) is 10.3. The molecule has 7 heteroatoms. The highest BCUT2D eigenvalue weighted by molar-refractivity contribution is 9.08. The van der Waals surface area contributed by atoms with E-state index >= 15 is 0 Å². The van der Waals surface area contributed by atoms with E-state index in [1.807, 2.05) is 0 Å². The Hall–Kier alpha value is -2.41. The molecule has 0 aliphatic heterocycles. The zero-order valence-electron chi connectivity index (χ0n) is 12.1. The largest absolute Gasteiger partial charge is 0.478 e. The third-order valence-electron chi connectivity index (χ3n) is 3.39. The molecule has 0 saturated carbocycles. The highest BCUT2D eigenvalue weighted by atomic mass is 79.9. The van der Waals surface area contributed by atoms with Gasteiger partial charge in [0.25, 0.3) is 6.43 Å². The first-order valence-corrected chi connectivity index (χ1v) is 8.02. The second-order valence-corrected chi connectivity index (χ2v) is 5.57. The molecule has 0 fully saturated rings. The van der Waals surface area contributed by atoms with Crippen molar-refractivity contribution >= 4 is 32.9 Å². The summed E-state index contributed by atoms with van der Waals surface area (Å²) in [4.78, 5) is 11.3. The summed E-state index contributed by atoms with van der Waals surface area (Å²) in [6.07, 6.45) is -2.56. The van der Waals surface area contributed by atoms with Crippen LogP contribution in [0.2, 0.25) is 0 Å². The predicted octanol–water partition coefficient (Wildman–Crippen LogP) is 5.76. The van der Waals surface area contributed by atoms with Crippen LogP contribution in [-0.4, -0.2) is 11.1 Å². The Bertz CT molecular complexity index is 887. The number of ether oxygens (including phenoxy) is 1. The Labute approximate surface area is 143 Å². The Morgan fingerprint density at radius 3 is 2.50 bits per heavy atom. The number of fused-ring (bicyclic) bond motifs is 1. The lowest BCUT2D eigenvalue weighted by molar-refractivity contribution is 0.0696. The molecule has 0 amide bonds. The van der Waals surface area contributed by atoms with E-state index in [1.54, 1.807) is 6.07 Å². The van der Waals surface area contributed by atoms with Gasteiger partial charge in [-0.1, -0.05) is 15.9 Å². The maximum atomic E-state index is 12.6. The van der Waals surface area contributed by atoms with Gasteiger partial charge in [0, 0.05) is 5.56 Å². The molecule has 0 unspecified atom stereocenters. The summed E-state index contributed by atoms with van der Waals surface area (Å²) < 4.78 is 36.4. The van der Waals surface area contributed by atoms with Gasteiger partial charge in [-0.2, -0.15) is 0 Å². The summed E-state index contributed by atoms with van der Waals surface area (Å²) in [6.45, 7) is 0. The van der Waals surface area contributed by atoms with Gasteiger partial charge in [-0.3, -0.25) is 0 Å². The minimum atomic E-state index is -2.56. The zero-order chi connectivity index (χ0) is 17.3. The number of aromatic carboxylic acids is 1. The molecule has 3 rings (SSSR count). The molecule has 124 valence electrons. The van der Waals surface area contributed by atoms with E-state index < -0.39 is 12.4 Å². The van der Waals surface area contributed by atoms with Crippen LogP contribution in [0, 0.1) is 0 Å². The van der Waals surface area contributed by atoms with Crippen molar-refractivity contribution in [2.24, 2.45) is 0 Å². The van der Waals surface area contributed by atoms with Crippen LogP contribution in [0.4, 0.5) is 8.78 Å². The van der Waals surface area contributed by atoms with Gasteiger partial charge >= 0.3 is 5.97 Å². The standard InChI is InChI=1S/C17H11BrF2O4/c18-8-12-7-13-14(5-10(17(21)22)6-15(13)24-12)23-11-3-1-9(2-4-11)16(19)20/h1-7,16H,8H2,(H,21,22). The zero-order valence-corrected chi connectivity index (χ0v) is 13.7. The van der Waals surface area contributed by atoms with Crippen LogP contribution in [0.3, 0.4) is 0 Å². The van der Waals surface area contributed by atoms with E-state index in [2.05, 4.69) is 15.9 Å². The third kappa shape index (κ3) is 3.26. The van der Waals surface area contributed by atoms with E-state index in [0.717, 1.165) is 0 Å². The number of benzene rings is 2. The third-order valence-corrected chi connectivity index (χ3v) is 3.94. The molecule has 1 aromatic heterocycles. The lowest BCUT2D eigenvalue weighted by Gasteiger charge is -2.08. The number of halogens is 3. The lowest BCUT2D eigenvalue weighted by Crippen LogP contribution is -1.97. The van der Waals surface area contributed by atoms with Crippen LogP contribution in [0.15, 0.2) is 46.9 Å². The number of carboxylic acid groups (broad SMARTS) is 1. The van der Waals surface area contributed by atoms with E-state index in [-0.39, 0.29) is 16.9 Å². The SMILES string of the molecule is O=C(O)c1cc(Oc2ccc(C(F)F)cc2)c2cc(CBr)oc2c1. The molecule has 0 saturated heterocycles. The van der Waals surface area contributed by atoms with Crippen LogP contribution in [-0.2, 0) is 5.33 Å². The molecule has 0 aliphatic carbocycles. The van der Waals surface area contributed by atoms with E-state index in [0.29, 0.717) is 27.8 Å². The Balaban J connectivity index is 2.03. The minimum absolute atomic E-state index is 0.0113. The van der Waals surface area contributed by atoms with Gasteiger partial charge in [-0.15, -0.1) is 0 Å². The topological polar surface area (TPSA) is 59.7 Å². The van der Waals surface area contributed by atoms with Crippen LogP contribution in [0.1, 0.15) is 28.1 Å². The Morgan fingerprint density at radius 2 is 1.92 bits per heavy atom. The summed E-state index contributed by atoms with van der Waals surface area (Å²) in [5.41, 5.74) is 0.275. The van der Waals surface area contributed by atoms with Crippen molar-refractivity contribution in [3.8, 4) is 11.5 Å². The molecule has 0 radical (unpaired) electrons. The average molecular weight is 397 g/mol. The molecule has 0 spiro atoms. The van der Waals surface area contributed by atoms with Crippen molar-refractivity contribution in [1.82, 2.24) is 0 Å². The molecule has 1 heterocycles. The van der Waals surface area contributed by atoms with Gasteiger partial charge in [-0.25, -0.2) is 13.6 Å². The molecular formula is C17H11BrF2O4. The average Bonchev–Trinajstić information content (AvgIpc) is 2.98. The fourth-order valence-electron chi connectivity index (χ4n) is 2.24. The minimum Gasteiger partial charge on any atom is -0.478 e. The first-order valence-electron chi connectivity index (χ1n) is 6.89. The van der Waals surface area contributed by atoms with Crippen LogP contribution < -0.4 is 4.74 Å². The first-order chi connectivity index (χ1) is 11.5. The van der Waals surface area contributed by atoms with Crippen LogP contribution in [0.5, 0.6) is 11.5 Å². The summed E-state index contributed by atoms with van der Waals surface area (Å²) in [7, 11) is 0. The van der Waals surface area contributed by atoms with Gasteiger partial charge in [0.1, 0.15) is 22.8 Å². The van der Waals surface area contributed by atoms with Crippen molar-refractivity contribution in [1.29, 1.82) is 0 Å². The molecule has 0 aliphatic rings. The van der Waals surface area contributed by atoms with Crippen molar-refractivity contribution in [2.45, 2.75) is 11.8 Å². The summed E-state index contributed by atoms with van der Waals surface area (Å²) in [6, 6.07) is 9.86. The normalized spacial score (nSPS) is 11.2.